The highest BCUT2D eigenvalue weighted by atomic mass is 16.2. The molecule has 1 aliphatic heterocycles. The maximum Gasteiger partial charge on any atom is 0.220 e. The van der Waals surface area contributed by atoms with Gasteiger partial charge in [-0.1, -0.05) is 24.3 Å². The molecule has 0 saturated carbocycles. The van der Waals surface area contributed by atoms with Gasteiger partial charge in [-0.3, -0.25) is 9.59 Å². The number of nitrogens with zero attached hydrogens (tertiary/aromatic N) is 4. The van der Waals surface area contributed by atoms with E-state index >= 15 is 0 Å². The Labute approximate surface area is 195 Å². The quantitative estimate of drug-likeness (QED) is 0.362. The van der Waals surface area contributed by atoms with Gasteiger partial charge in [0.25, 0.3) is 0 Å². The lowest BCUT2D eigenvalue weighted by molar-refractivity contribution is -0.124. The minimum atomic E-state index is -0.324. The SMILES string of the molecule is CN(C)c1ccc(CCCNC(=O)CCC(=O)C(C#N)=C2N(C)c3ccccc3N2C)cc1. The van der Waals surface area contributed by atoms with Crippen LogP contribution in [-0.2, 0) is 16.0 Å². The molecular formula is C26H31N5O2. The number of para-hydroxylation sites is 2. The normalized spacial score (nSPS) is 12.3. The van der Waals surface area contributed by atoms with Crippen LogP contribution in [0.5, 0.6) is 0 Å². The topological polar surface area (TPSA) is 79.7 Å². The molecule has 7 heteroatoms. The molecule has 0 aliphatic carbocycles. The van der Waals surface area contributed by atoms with Crippen LogP contribution in [0.3, 0.4) is 0 Å². The number of hydrogen-bond donors (Lipinski definition) is 1. The van der Waals surface area contributed by atoms with E-state index in [2.05, 4.69) is 40.6 Å². The van der Waals surface area contributed by atoms with E-state index in [-0.39, 0.29) is 30.1 Å². The second-order valence-electron chi connectivity index (χ2n) is 8.35. The van der Waals surface area contributed by atoms with Crippen LogP contribution in [0.2, 0.25) is 0 Å². The molecule has 1 heterocycles. The zero-order chi connectivity index (χ0) is 24.0. The highest BCUT2D eigenvalue weighted by molar-refractivity contribution is 6.03. The Balaban J connectivity index is 1.48. The maximum atomic E-state index is 12.8. The fraction of sp³-hybridized carbons (Fsp3) is 0.346. The minimum absolute atomic E-state index is 0.00223. The van der Waals surface area contributed by atoms with Crippen LogP contribution in [-0.4, -0.2) is 46.4 Å². The van der Waals surface area contributed by atoms with Gasteiger partial charge in [0.05, 0.1) is 11.4 Å². The Morgan fingerprint density at radius 1 is 0.970 bits per heavy atom. The summed E-state index contributed by atoms with van der Waals surface area (Å²) in [6, 6.07) is 18.2. The molecule has 0 unspecified atom stereocenters. The van der Waals surface area contributed by atoms with Crippen LogP contribution in [0.15, 0.2) is 59.9 Å². The van der Waals surface area contributed by atoms with E-state index in [1.54, 1.807) is 0 Å². The Morgan fingerprint density at radius 2 is 1.58 bits per heavy atom. The number of Topliss-reactive ketones (excluding diaryl/α,β-unsaturated/α-hetero) is 1. The van der Waals surface area contributed by atoms with E-state index in [0.717, 1.165) is 29.9 Å². The van der Waals surface area contributed by atoms with Gasteiger partial charge in [-0.15, -0.1) is 0 Å². The molecule has 0 fully saturated rings. The van der Waals surface area contributed by atoms with Gasteiger partial charge in [0.1, 0.15) is 17.5 Å². The summed E-state index contributed by atoms with van der Waals surface area (Å²) in [6.07, 6.45) is 1.76. The van der Waals surface area contributed by atoms with Crippen LogP contribution < -0.4 is 20.0 Å². The van der Waals surface area contributed by atoms with E-state index in [1.807, 2.05) is 62.3 Å². The number of allylic oxidation sites excluding steroid dienone is 1. The predicted octanol–water partition coefficient (Wildman–Crippen LogP) is 3.47. The molecule has 172 valence electrons. The molecule has 2 aromatic carbocycles. The third kappa shape index (κ3) is 5.53. The Kier molecular flexibility index (Phi) is 7.73. The third-order valence-corrected chi connectivity index (χ3v) is 5.85. The average Bonchev–Trinajstić information content (AvgIpc) is 3.07. The Hall–Kier alpha value is -3.79. The lowest BCUT2D eigenvalue weighted by atomic mass is 10.1. The second-order valence-corrected chi connectivity index (χ2v) is 8.35. The summed E-state index contributed by atoms with van der Waals surface area (Å²) >= 11 is 0. The second kappa shape index (κ2) is 10.7. The Morgan fingerprint density at radius 3 is 2.12 bits per heavy atom. The van der Waals surface area contributed by atoms with E-state index in [9.17, 15) is 14.9 Å². The van der Waals surface area contributed by atoms with Gasteiger partial charge in [-0.05, 0) is 42.7 Å². The molecule has 3 rings (SSSR count). The first-order chi connectivity index (χ1) is 15.8. The van der Waals surface area contributed by atoms with Crippen molar-refractivity contribution in [2.75, 3.05) is 49.4 Å². The van der Waals surface area contributed by atoms with Crippen LogP contribution in [0.4, 0.5) is 17.1 Å². The summed E-state index contributed by atoms with van der Waals surface area (Å²) in [5, 5.41) is 12.6. The number of benzene rings is 2. The molecule has 0 aromatic heterocycles. The van der Waals surface area contributed by atoms with Crippen LogP contribution in [0, 0.1) is 11.3 Å². The number of hydrogen-bond acceptors (Lipinski definition) is 6. The van der Waals surface area contributed by atoms with Crippen molar-refractivity contribution in [2.45, 2.75) is 25.7 Å². The number of nitriles is 1. The van der Waals surface area contributed by atoms with Gasteiger partial charge in [-0.25, -0.2) is 0 Å². The van der Waals surface area contributed by atoms with Crippen molar-refractivity contribution in [1.29, 1.82) is 5.26 Å². The molecule has 1 aliphatic rings. The molecule has 33 heavy (non-hydrogen) atoms. The largest absolute Gasteiger partial charge is 0.378 e. The van der Waals surface area contributed by atoms with E-state index in [1.165, 1.54) is 5.56 Å². The first kappa shape index (κ1) is 23.9. The van der Waals surface area contributed by atoms with Crippen molar-refractivity contribution < 1.29 is 9.59 Å². The third-order valence-electron chi connectivity index (χ3n) is 5.85. The smallest absolute Gasteiger partial charge is 0.220 e. The predicted molar refractivity (Wildman–Crippen MR) is 132 cm³/mol. The number of amides is 1. The number of carbonyl (C=O) groups excluding carboxylic acids is 2. The van der Waals surface area contributed by atoms with Crippen molar-refractivity contribution in [3.63, 3.8) is 0 Å². The highest BCUT2D eigenvalue weighted by Crippen LogP contribution is 2.40. The number of ketones is 1. The van der Waals surface area contributed by atoms with Gasteiger partial charge in [-0.2, -0.15) is 5.26 Å². The molecule has 0 saturated heterocycles. The highest BCUT2D eigenvalue weighted by Gasteiger charge is 2.31. The van der Waals surface area contributed by atoms with Crippen molar-refractivity contribution in [1.82, 2.24) is 5.32 Å². The molecular weight excluding hydrogens is 414 g/mol. The van der Waals surface area contributed by atoms with Gasteiger partial charge < -0.3 is 20.0 Å². The zero-order valence-corrected chi connectivity index (χ0v) is 19.8. The first-order valence-electron chi connectivity index (χ1n) is 11.1. The number of rotatable bonds is 9. The van der Waals surface area contributed by atoms with Gasteiger partial charge in [0, 0.05) is 53.3 Å². The number of anilines is 3. The molecule has 1 N–H and O–H groups in total. The number of fused-ring (bicyclic) bond motifs is 1. The first-order valence-corrected chi connectivity index (χ1v) is 11.1. The summed E-state index contributed by atoms with van der Waals surface area (Å²) in [4.78, 5) is 30.8. The van der Waals surface area contributed by atoms with Crippen molar-refractivity contribution >= 4 is 28.8 Å². The van der Waals surface area contributed by atoms with Crippen molar-refractivity contribution in [3.8, 4) is 6.07 Å². The molecule has 2 aromatic rings. The zero-order valence-electron chi connectivity index (χ0n) is 19.8. The Bertz CT molecular complexity index is 1050. The fourth-order valence-corrected chi connectivity index (χ4v) is 3.98. The van der Waals surface area contributed by atoms with Crippen LogP contribution >= 0.6 is 0 Å². The van der Waals surface area contributed by atoms with E-state index in [0.29, 0.717) is 12.4 Å². The molecule has 0 spiro atoms. The van der Waals surface area contributed by atoms with Crippen LogP contribution in [0.25, 0.3) is 0 Å². The van der Waals surface area contributed by atoms with E-state index in [4.69, 9.17) is 0 Å². The monoisotopic (exact) mass is 445 g/mol. The van der Waals surface area contributed by atoms with E-state index < -0.39 is 0 Å². The molecule has 1 amide bonds. The summed E-state index contributed by atoms with van der Waals surface area (Å²) in [5.74, 6) is 0.0459. The number of aryl methyl sites for hydroxylation is 1. The van der Waals surface area contributed by atoms with Gasteiger partial charge in [0.15, 0.2) is 5.78 Å². The molecule has 0 bridgehead atoms. The van der Waals surface area contributed by atoms with Crippen molar-refractivity contribution in [3.05, 3.63) is 65.5 Å². The minimum Gasteiger partial charge on any atom is -0.378 e. The van der Waals surface area contributed by atoms with Gasteiger partial charge >= 0.3 is 0 Å². The van der Waals surface area contributed by atoms with Gasteiger partial charge in [0.2, 0.25) is 5.91 Å². The lowest BCUT2D eigenvalue weighted by Gasteiger charge is -2.19. The summed E-state index contributed by atoms with van der Waals surface area (Å²) in [5.41, 5.74) is 4.32. The lowest BCUT2D eigenvalue weighted by Crippen LogP contribution is -2.28. The molecule has 7 nitrogen and oxygen atoms in total. The maximum absolute atomic E-state index is 12.8. The number of carbonyl (C=O) groups is 2. The van der Waals surface area contributed by atoms with Crippen molar-refractivity contribution in [2.24, 2.45) is 0 Å². The standard InChI is InChI=1S/C26H31N5O2/c1-29(2)20-13-11-19(12-14-20)8-7-17-28-25(33)16-15-24(32)21(18-27)26-30(3)22-9-5-6-10-23(22)31(26)4/h5-6,9-14H,7-8,15-17H2,1-4H3,(H,28,33). The average molecular weight is 446 g/mol. The number of nitrogens with one attached hydrogen (secondary N) is 1. The van der Waals surface area contributed by atoms with Crippen LogP contribution in [0.1, 0.15) is 24.8 Å². The summed E-state index contributed by atoms with van der Waals surface area (Å²) in [6.45, 7) is 0.551. The molecule has 0 radical (unpaired) electrons. The summed E-state index contributed by atoms with van der Waals surface area (Å²) < 4.78 is 0. The molecule has 0 atom stereocenters. The summed E-state index contributed by atoms with van der Waals surface area (Å²) in [7, 11) is 7.69. The fourth-order valence-electron chi connectivity index (χ4n) is 3.98.